The molecule has 0 saturated carbocycles. The molecule has 0 aliphatic rings. The van der Waals surface area contributed by atoms with E-state index in [1.165, 1.54) is 0 Å². The van der Waals surface area contributed by atoms with Gasteiger partial charge in [0, 0.05) is 10.7 Å². The number of halogens is 1. The van der Waals surface area contributed by atoms with Gasteiger partial charge in [0.05, 0.1) is 0 Å². The standard InChI is InChI=1S/C15H12ClN3O/c16-12-6-8-14(9-7-12)20-10-15-18-17-11-19(15)13-4-2-1-3-5-13/h1-9,11H,10H2. The van der Waals surface area contributed by atoms with Crippen LogP contribution >= 0.6 is 11.6 Å². The van der Waals surface area contributed by atoms with E-state index in [1.807, 2.05) is 47.0 Å². The second-order valence-electron chi connectivity index (χ2n) is 4.20. The van der Waals surface area contributed by atoms with Gasteiger partial charge in [-0.25, -0.2) is 0 Å². The Balaban J connectivity index is 1.76. The average molecular weight is 286 g/mol. The molecular formula is C15H12ClN3O. The molecule has 0 unspecified atom stereocenters. The summed E-state index contributed by atoms with van der Waals surface area (Å²) < 4.78 is 7.58. The second kappa shape index (κ2) is 5.75. The van der Waals surface area contributed by atoms with Crippen LogP contribution in [0.25, 0.3) is 5.69 Å². The van der Waals surface area contributed by atoms with Crippen molar-refractivity contribution in [3.05, 3.63) is 71.8 Å². The maximum Gasteiger partial charge on any atom is 0.175 e. The first-order chi connectivity index (χ1) is 9.83. The number of ether oxygens (including phenoxy) is 1. The lowest BCUT2D eigenvalue weighted by Gasteiger charge is -2.08. The zero-order chi connectivity index (χ0) is 13.8. The Bertz CT molecular complexity index is 680. The Morgan fingerprint density at radius 1 is 1.00 bits per heavy atom. The lowest BCUT2D eigenvalue weighted by molar-refractivity contribution is 0.293. The molecule has 3 aromatic rings. The van der Waals surface area contributed by atoms with Crippen molar-refractivity contribution in [2.45, 2.75) is 6.61 Å². The minimum Gasteiger partial charge on any atom is -0.486 e. The van der Waals surface area contributed by atoms with Crippen LogP contribution in [0.4, 0.5) is 0 Å². The average Bonchev–Trinajstić information content (AvgIpc) is 2.96. The van der Waals surface area contributed by atoms with Crippen LogP contribution in [0.15, 0.2) is 60.9 Å². The third-order valence-electron chi connectivity index (χ3n) is 2.83. The van der Waals surface area contributed by atoms with Crippen LogP contribution in [-0.2, 0) is 6.61 Å². The first-order valence-corrected chi connectivity index (χ1v) is 6.53. The maximum absolute atomic E-state index is 5.83. The summed E-state index contributed by atoms with van der Waals surface area (Å²) in [5, 5.41) is 8.71. The molecule has 0 fully saturated rings. The highest BCUT2D eigenvalue weighted by Gasteiger charge is 2.06. The summed E-state index contributed by atoms with van der Waals surface area (Å²) in [5.41, 5.74) is 1.01. The van der Waals surface area contributed by atoms with Crippen LogP contribution in [0.1, 0.15) is 5.82 Å². The molecule has 20 heavy (non-hydrogen) atoms. The zero-order valence-electron chi connectivity index (χ0n) is 10.6. The predicted octanol–water partition coefficient (Wildman–Crippen LogP) is 3.50. The molecule has 0 saturated heterocycles. The number of aromatic nitrogens is 3. The quantitative estimate of drug-likeness (QED) is 0.736. The SMILES string of the molecule is Clc1ccc(OCc2nncn2-c2ccccc2)cc1. The molecule has 0 aliphatic carbocycles. The molecule has 4 nitrogen and oxygen atoms in total. The van der Waals surface area contributed by atoms with E-state index in [1.54, 1.807) is 18.5 Å². The molecule has 0 aliphatic heterocycles. The lowest BCUT2D eigenvalue weighted by Crippen LogP contribution is -2.04. The summed E-state index contributed by atoms with van der Waals surface area (Å²) in [6.45, 7) is 0.344. The van der Waals surface area contributed by atoms with Crippen molar-refractivity contribution in [1.82, 2.24) is 14.8 Å². The molecule has 0 bridgehead atoms. The van der Waals surface area contributed by atoms with Gasteiger partial charge < -0.3 is 4.74 Å². The first kappa shape index (κ1) is 12.7. The van der Waals surface area contributed by atoms with E-state index >= 15 is 0 Å². The van der Waals surface area contributed by atoms with E-state index in [0.29, 0.717) is 11.6 Å². The van der Waals surface area contributed by atoms with Gasteiger partial charge in [-0.05, 0) is 36.4 Å². The number of benzene rings is 2. The molecular weight excluding hydrogens is 274 g/mol. The molecule has 1 heterocycles. The largest absolute Gasteiger partial charge is 0.486 e. The minimum atomic E-state index is 0.344. The van der Waals surface area contributed by atoms with Crippen LogP contribution in [0, 0.1) is 0 Å². The van der Waals surface area contributed by atoms with Crippen LogP contribution in [0.2, 0.25) is 5.02 Å². The van der Waals surface area contributed by atoms with Gasteiger partial charge in [-0.15, -0.1) is 10.2 Å². The predicted molar refractivity (Wildman–Crippen MR) is 77.1 cm³/mol. The first-order valence-electron chi connectivity index (χ1n) is 6.15. The van der Waals surface area contributed by atoms with Gasteiger partial charge in [-0.3, -0.25) is 4.57 Å². The van der Waals surface area contributed by atoms with Crippen LogP contribution < -0.4 is 4.74 Å². The fraction of sp³-hybridized carbons (Fsp3) is 0.0667. The fourth-order valence-electron chi connectivity index (χ4n) is 1.84. The van der Waals surface area contributed by atoms with Crippen LogP contribution in [0.5, 0.6) is 5.75 Å². The third-order valence-corrected chi connectivity index (χ3v) is 3.09. The van der Waals surface area contributed by atoms with E-state index in [9.17, 15) is 0 Å². The van der Waals surface area contributed by atoms with Crippen molar-refractivity contribution in [3.63, 3.8) is 0 Å². The number of nitrogens with zero attached hydrogens (tertiary/aromatic N) is 3. The van der Waals surface area contributed by atoms with E-state index < -0.39 is 0 Å². The highest BCUT2D eigenvalue weighted by Crippen LogP contribution is 2.17. The molecule has 0 spiro atoms. The number of hydrogen-bond acceptors (Lipinski definition) is 3. The van der Waals surface area contributed by atoms with Gasteiger partial charge in [0.1, 0.15) is 18.7 Å². The molecule has 2 aromatic carbocycles. The van der Waals surface area contributed by atoms with Gasteiger partial charge in [0.25, 0.3) is 0 Å². The smallest absolute Gasteiger partial charge is 0.175 e. The number of rotatable bonds is 4. The van der Waals surface area contributed by atoms with Gasteiger partial charge in [-0.1, -0.05) is 29.8 Å². The van der Waals surface area contributed by atoms with Crippen molar-refractivity contribution in [1.29, 1.82) is 0 Å². The van der Waals surface area contributed by atoms with E-state index in [0.717, 1.165) is 17.3 Å². The Morgan fingerprint density at radius 3 is 2.50 bits per heavy atom. The summed E-state index contributed by atoms with van der Waals surface area (Å²) in [6.07, 6.45) is 1.68. The highest BCUT2D eigenvalue weighted by molar-refractivity contribution is 6.30. The van der Waals surface area contributed by atoms with Crippen molar-refractivity contribution >= 4 is 11.6 Å². The normalized spacial score (nSPS) is 10.4. The van der Waals surface area contributed by atoms with E-state index in [-0.39, 0.29) is 0 Å². The number of para-hydroxylation sites is 1. The molecule has 0 amide bonds. The monoisotopic (exact) mass is 285 g/mol. The van der Waals surface area contributed by atoms with Gasteiger partial charge in [0.2, 0.25) is 0 Å². The van der Waals surface area contributed by atoms with Gasteiger partial charge >= 0.3 is 0 Å². The van der Waals surface area contributed by atoms with Crippen molar-refractivity contribution in [3.8, 4) is 11.4 Å². The summed E-state index contributed by atoms with van der Waals surface area (Å²) in [6, 6.07) is 17.1. The third kappa shape index (κ3) is 2.81. The van der Waals surface area contributed by atoms with Crippen LogP contribution in [0.3, 0.4) is 0 Å². The highest BCUT2D eigenvalue weighted by atomic mass is 35.5. The minimum absolute atomic E-state index is 0.344. The Kier molecular flexibility index (Phi) is 3.65. The lowest BCUT2D eigenvalue weighted by atomic mass is 10.3. The van der Waals surface area contributed by atoms with Gasteiger partial charge in [0.15, 0.2) is 5.82 Å². The Morgan fingerprint density at radius 2 is 1.75 bits per heavy atom. The summed E-state index contributed by atoms with van der Waals surface area (Å²) in [7, 11) is 0. The molecule has 0 atom stereocenters. The Labute approximate surface area is 121 Å². The summed E-state index contributed by atoms with van der Waals surface area (Å²) in [4.78, 5) is 0. The molecule has 100 valence electrons. The van der Waals surface area contributed by atoms with Crippen molar-refractivity contribution in [2.75, 3.05) is 0 Å². The maximum atomic E-state index is 5.83. The van der Waals surface area contributed by atoms with Crippen molar-refractivity contribution < 1.29 is 4.74 Å². The van der Waals surface area contributed by atoms with E-state index in [4.69, 9.17) is 16.3 Å². The van der Waals surface area contributed by atoms with E-state index in [2.05, 4.69) is 10.2 Å². The van der Waals surface area contributed by atoms with Gasteiger partial charge in [-0.2, -0.15) is 0 Å². The second-order valence-corrected chi connectivity index (χ2v) is 4.63. The Hall–Kier alpha value is -2.33. The van der Waals surface area contributed by atoms with Crippen LogP contribution in [-0.4, -0.2) is 14.8 Å². The topological polar surface area (TPSA) is 39.9 Å². The number of hydrogen-bond donors (Lipinski definition) is 0. The molecule has 0 radical (unpaired) electrons. The molecule has 3 rings (SSSR count). The zero-order valence-corrected chi connectivity index (χ0v) is 11.4. The summed E-state index contributed by atoms with van der Waals surface area (Å²) in [5.74, 6) is 1.49. The van der Waals surface area contributed by atoms with Crippen molar-refractivity contribution in [2.24, 2.45) is 0 Å². The summed E-state index contributed by atoms with van der Waals surface area (Å²) >= 11 is 5.83. The fourth-order valence-corrected chi connectivity index (χ4v) is 1.97. The molecule has 1 aromatic heterocycles. The molecule has 5 heteroatoms. The molecule has 0 N–H and O–H groups in total.